The molecule has 0 saturated carbocycles. The maximum Gasteiger partial charge on any atom is 0.245 e. The van der Waals surface area contributed by atoms with Crippen molar-refractivity contribution in [2.45, 2.75) is 46.1 Å². The van der Waals surface area contributed by atoms with Crippen molar-refractivity contribution in [3.8, 4) is 0 Å². The number of nitrogens with one attached hydrogen (secondary N) is 1. The average molecular weight is 367 g/mol. The highest BCUT2D eigenvalue weighted by Gasteiger charge is 2.30. The number of amides is 2. The third-order valence-corrected chi connectivity index (χ3v) is 5.40. The maximum atomic E-state index is 13.0. The fourth-order valence-corrected chi connectivity index (χ4v) is 3.86. The van der Waals surface area contributed by atoms with E-state index in [-0.39, 0.29) is 24.2 Å². The van der Waals surface area contributed by atoms with Crippen molar-refractivity contribution in [1.29, 1.82) is 0 Å². The summed E-state index contributed by atoms with van der Waals surface area (Å²) in [5.41, 5.74) is 0.966. The molecule has 2 unspecified atom stereocenters. The van der Waals surface area contributed by atoms with Gasteiger partial charge >= 0.3 is 0 Å². The summed E-state index contributed by atoms with van der Waals surface area (Å²) in [5.74, 6) is 0.560. The molecule has 1 fully saturated rings. The number of nitrogens with zero attached hydrogens (tertiary/aromatic N) is 1. The molecule has 4 nitrogen and oxygen atoms in total. The monoisotopic (exact) mass is 366 g/mol. The summed E-state index contributed by atoms with van der Waals surface area (Å²) >= 11 is 0. The third-order valence-electron chi connectivity index (χ3n) is 5.40. The van der Waals surface area contributed by atoms with Crippen LogP contribution in [0.2, 0.25) is 0 Å². The summed E-state index contributed by atoms with van der Waals surface area (Å²) < 4.78 is 0. The van der Waals surface area contributed by atoms with Crippen LogP contribution in [0.25, 0.3) is 10.8 Å². The van der Waals surface area contributed by atoms with E-state index in [2.05, 4.69) is 24.4 Å². The highest BCUT2D eigenvalue weighted by Crippen LogP contribution is 2.19. The van der Waals surface area contributed by atoms with Crippen LogP contribution in [-0.2, 0) is 16.0 Å². The van der Waals surface area contributed by atoms with E-state index in [0.29, 0.717) is 5.92 Å². The molecule has 2 aromatic rings. The molecule has 0 bridgehead atoms. The molecule has 1 aliphatic heterocycles. The van der Waals surface area contributed by atoms with Crippen molar-refractivity contribution in [3.63, 3.8) is 0 Å². The standard InChI is InChI=1S/C23H30N2O2/c1-16(2)22(23(27)25-12-6-7-17(3)15-25)24-21(26)14-18-10-11-19-8-4-5-9-20(19)13-18/h4-5,8-11,13,16-17,22H,6-7,12,14-15H2,1-3H3,(H,24,26). The average Bonchev–Trinajstić information content (AvgIpc) is 2.65. The van der Waals surface area contributed by atoms with Crippen molar-refractivity contribution in [2.24, 2.45) is 11.8 Å². The lowest BCUT2D eigenvalue weighted by Crippen LogP contribution is -2.53. The molecule has 0 aliphatic carbocycles. The lowest BCUT2D eigenvalue weighted by molar-refractivity contribution is -0.139. The van der Waals surface area contributed by atoms with Gasteiger partial charge in [-0.3, -0.25) is 9.59 Å². The molecule has 2 aromatic carbocycles. The molecule has 1 saturated heterocycles. The van der Waals surface area contributed by atoms with Gasteiger partial charge in [-0.25, -0.2) is 0 Å². The highest BCUT2D eigenvalue weighted by molar-refractivity contribution is 5.89. The lowest BCUT2D eigenvalue weighted by atomic mass is 9.97. The molecule has 3 rings (SSSR count). The van der Waals surface area contributed by atoms with Gasteiger partial charge in [-0.05, 0) is 41.0 Å². The summed E-state index contributed by atoms with van der Waals surface area (Å²) in [6.07, 6.45) is 2.50. The summed E-state index contributed by atoms with van der Waals surface area (Å²) in [7, 11) is 0. The van der Waals surface area contributed by atoms with Crippen molar-refractivity contribution in [3.05, 3.63) is 48.0 Å². The molecule has 1 aliphatic rings. The van der Waals surface area contributed by atoms with E-state index >= 15 is 0 Å². The number of hydrogen-bond acceptors (Lipinski definition) is 2. The van der Waals surface area contributed by atoms with Crippen LogP contribution in [0.15, 0.2) is 42.5 Å². The third kappa shape index (κ3) is 4.88. The van der Waals surface area contributed by atoms with Gasteiger partial charge in [-0.1, -0.05) is 63.2 Å². The molecule has 2 amide bonds. The van der Waals surface area contributed by atoms with Gasteiger partial charge in [0.1, 0.15) is 6.04 Å². The molecule has 0 aromatic heterocycles. The van der Waals surface area contributed by atoms with Gasteiger partial charge in [0.05, 0.1) is 6.42 Å². The van der Waals surface area contributed by atoms with Gasteiger partial charge < -0.3 is 10.2 Å². The largest absolute Gasteiger partial charge is 0.344 e. The van der Waals surface area contributed by atoms with Crippen molar-refractivity contribution in [1.82, 2.24) is 10.2 Å². The molecule has 0 spiro atoms. The summed E-state index contributed by atoms with van der Waals surface area (Å²) in [4.78, 5) is 27.5. The minimum Gasteiger partial charge on any atom is -0.344 e. The van der Waals surface area contributed by atoms with E-state index in [9.17, 15) is 9.59 Å². The van der Waals surface area contributed by atoms with Crippen molar-refractivity contribution in [2.75, 3.05) is 13.1 Å². The maximum absolute atomic E-state index is 13.0. The topological polar surface area (TPSA) is 49.4 Å². The molecule has 0 radical (unpaired) electrons. The molecule has 2 atom stereocenters. The Morgan fingerprint density at radius 3 is 2.59 bits per heavy atom. The molecular formula is C23H30N2O2. The first-order valence-electron chi connectivity index (χ1n) is 10.00. The van der Waals surface area contributed by atoms with Crippen LogP contribution >= 0.6 is 0 Å². The number of rotatable bonds is 5. The summed E-state index contributed by atoms with van der Waals surface area (Å²) in [6.45, 7) is 7.76. The Morgan fingerprint density at radius 1 is 1.15 bits per heavy atom. The number of piperidine rings is 1. The summed E-state index contributed by atoms with van der Waals surface area (Å²) in [6, 6.07) is 13.7. The van der Waals surface area contributed by atoms with Crippen LogP contribution in [0, 0.1) is 11.8 Å². The Labute approximate surface area is 161 Å². The highest BCUT2D eigenvalue weighted by atomic mass is 16.2. The van der Waals surface area contributed by atoms with Crippen LogP contribution in [0.5, 0.6) is 0 Å². The number of benzene rings is 2. The van der Waals surface area contributed by atoms with Crippen LogP contribution in [-0.4, -0.2) is 35.8 Å². The smallest absolute Gasteiger partial charge is 0.245 e. The zero-order chi connectivity index (χ0) is 19.4. The Balaban J connectivity index is 1.66. The van der Waals surface area contributed by atoms with E-state index in [0.717, 1.165) is 35.8 Å². The molecule has 1 heterocycles. The molecule has 1 N–H and O–H groups in total. The van der Waals surface area contributed by atoms with Gasteiger partial charge in [0.25, 0.3) is 0 Å². The molecular weight excluding hydrogens is 336 g/mol. The van der Waals surface area contributed by atoms with Crippen LogP contribution < -0.4 is 5.32 Å². The van der Waals surface area contributed by atoms with Crippen molar-refractivity contribution >= 4 is 22.6 Å². The fourth-order valence-electron chi connectivity index (χ4n) is 3.86. The normalized spacial score (nSPS) is 18.5. The number of hydrogen-bond donors (Lipinski definition) is 1. The van der Waals surface area contributed by atoms with Crippen LogP contribution in [0.3, 0.4) is 0 Å². The zero-order valence-corrected chi connectivity index (χ0v) is 16.6. The first kappa shape index (κ1) is 19.4. The number of likely N-dealkylation sites (tertiary alicyclic amines) is 1. The molecule has 4 heteroatoms. The van der Waals surface area contributed by atoms with Gasteiger partial charge in [0, 0.05) is 13.1 Å². The predicted octanol–water partition coefficient (Wildman–Crippen LogP) is 3.78. The fraction of sp³-hybridized carbons (Fsp3) is 0.478. The van der Waals surface area contributed by atoms with Gasteiger partial charge in [0.2, 0.25) is 11.8 Å². The first-order chi connectivity index (χ1) is 12.9. The summed E-state index contributed by atoms with van der Waals surface area (Å²) in [5, 5.41) is 5.28. The zero-order valence-electron chi connectivity index (χ0n) is 16.6. The number of carbonyl (C=O) groups excluding carboxylic acids is 2. The second kappa shape index (κ2) is 8.55. The molecule has 27 heavy (non-hydrogen) atoms. The van der Waals surface area contributed by atoms with E-state index < -0.39 is 6.04 Å². The molecule has 144 valence electrons. The van der Waals surface area contributed by atoms with Gasteiger partial charge in [0.15, 0.2) is 0 Å². The second-order valence-electron chi connectivity index (χ2n) is 8.18. The minimum absolute atomic E-state index is 0.0587. The van der Waals surface area contributed by atoms with Gasteiger partial charge in [-0.15, -0.1) is 0 Å². The predicted molar refractivity (Wildman–Crippen MR) is 109 cm³/mol. The number of fused-ring (bicyclic) bond motifs is 1. The Bertz CT molecular complexity index is 815. The Hall–Kier alpha value is -2.36. The van der Waals surface area contributed by atoms with E-state index in [1.807, 2.05) is 49.1 Å². The van der Waals surface area contributed by atoms with Gasteiger partial charge in [-0.2, -0.15) is 0 Å². The SMILES string of the molecule is CC1CCCN(C(=O)C(NC(=O)Cc2ccc3ccccc3c2)C(C)C)C1. The van der Waals surface area contributed by atoms with Crippen molar-refractivity contribution < 1.29 is 9.59 Å². The van der Waals surface area contributed by atoms with E-state index in [4.69, 9.17) is 0 Å². The van der Waals surface area contributed by atoms with E-state index in [1.54, 1.807) is 0 Å². The quantitative estimate of drug-likeness (QED) is 0.875. The van der Waals surface area contributed by atoms with Crippen LogP contribution in [0.1, 0.15) is 39.2 Å². The van der Waals surface area contributed by atoms with E-state index in [1.165, 1.54) is 6.42 Å². The minimum atomic E-state index is -0.455. The Morgan fingerprint density at radius 2 is 1.89 bits per heavy atom. The number of carbonyl (C=O) groups is 2. The lowest BCUT2D eigenvalue weighted by Gasteiger charge is -2.35. The van der Waals surface area contributed by atoms with Crippen LogP contribution in [0.4, 0.5) is 0 Å². The second-order valence-corrected chi connectivity index (χ2v) is 8.18. The Kier molecular flexibility index (Phi) is 6.15. The first-order valence-corrected chi connectivity index (χ1v) is 10.00.